The van der Waals surface area contributed by atoms with Crippen molar-refractivity contribution in [3.05, 3.63) is 39.3 Å². The number of rotatable bonds is 5. The Balaban J connectivity index is 2.13. The Morgan fingerprint density at radius 1 is 1.41 bits per heavy atom. The molecule has 0 fully saturated rings. The first-order chi connectivity index (χ1) is 10.4. The molecule has 0 saturated carbocycles. The van der Waals surface area contributed by atoms with Crippen LogP contribution < -0.4 is 5.32 Å². The lowest BCUT2D eigenvalue weighted by molar-refractivity contribution is -0.137. The van der Waals surface area contributed by atoms with Crippen molar-refractivity contribution < 1.29 is 14.7 Å². The predicted octanol–water partition coefficient (Wildman–Crippen LogP) is 3.35. The van der Waals surface area contributed by atoms with Gasteiger partial charge in [0, 0.05) is 12.4 Å². The number of nitrogens with zero attached hydrogens (tertiary/aromatic N) is 2. The minimum absolute atomic E-state index is 0.161. The number of nitrogens with one attached hydrogen (secondary N) is 1. The van der Waals surface area contributed by atoms with Gasteiger partial charge in [-0.25, -0.2) is 4.98 Å². The molecule has 116 valence electrons. The standard InChI is InChI=1S/C13H11Cl2N3O3S/c1-18(5-10(19)20)12(21)9-6-22-13(17-9)16-8-4-2-3-7(14)11(8)15/h2-4,6H,5H2,1H3,(H,16,17)(H,19,20). The van der Waals surface area contributed by atoms with E-state index >= 15 is 0 Å². The SMILES string of the molecule is CN(CC(=O)O)C(=O)c1csc(Nc2cccc(Cl)c2Cl)n1. The van der Waals surface area contributed by atoms with Crippen molar-refractivity contribution in [3.8, 4) is 0 Å². The monoisotopic (exact) mass is 359 g/mol. The Kier molecular flexibility index (Phi) is 5.23. The molecule has 2 aromatic rings. The van der Waals surface area contributed by atoms with Crippen molar-refractivity contribution in [2.75, 3.05) is 18.9 Å². The number of benzene rings is 1. The molecule has 0 aliphatic carbocycles. The fourth-order valence-electron chi connectivity index (χ4n) is 1.62. The fourth-order valence-corrected chi connectivity index (χ4v) is 2.66. The molecular formula is C13H11Cl2N3O3S. The number of carbonyl (C=O) groups excluding carboxylic acids is 1. The first kappa shape index (κ1) is 16.5. The summed E-state index contributed by atoms with van der Waals surface area (Å²) in [6.45, 7) is -0.390. The molecule has 0 spiro atoms. The third-order valence-corrected chi connectivity index (χ3v) is 4.21. The number of anilines is 2. The number of carbonyl (C=O) groups is 2. The molecule has 2 N–H and O–H groups in total. The minimum atomic E-state index is -1.09. The minimum Gasteiger partial charge on any atom is -0.480 e. The topological polar surface area (TPSA) is 82.5 Å². The molecule has 22 heavy (non-hydrogen) atoms. The molecule has 0 bridgehead atoms. The van der Waals surface area contributed by atoms with Gasteiger partial charge in [0.1, 0.15) is 12.2 Å². The van der Waals surface area contributed by atoms with Crippen LogP contribution in [0.3, 0.4) is 0 Å². The van der Waals surface area contributed by atoms with Crippen molar-refractivity contribution >= 4 is 57.2 Å². The highest BCUT2D eigenvalue weighted by Crippen LogP contribution is 2.32. The highest BCUT2D eigenvalue weighted by atomic mass is 35.5. The molecule has 1 aromatic carbocycles. The van der Waals surface area contributed by atoms with Gasteiger partial charge in [0.05, 0.1) is 15.7 Å². The molecule has 2 rings (SSSR count). The Labute approximate surface area is 140 Å². The summed E-state index contributed by atoms with van der Waals surface area (Å²) in [4.78, 5) is 27.8. The van der Waals surface area contributed by atoms with Crippen LogP contribution in [0.25, 0.3) is 0 Å². The van der Waals surface area contributed by atoms with Gasteiger partial charge in [-0.15, -0.1) is 11.3 Å². The lowest BCUT2D eigenvalue weighted by Crippen LogP contribution is -2.32. The van der Waals surface area contributed by atoms with E-state index in [1.165, 1.54) is 18.4 Å². The molecule has 0 aliphatic rings. The predicted molar refractivity (Wildman–Crippen MR) is 86.5 cm³/mol. The van der Waals surface area contributed by atoms with Crippen LogP contribution in [0.2, 0.25) is 10.0 Å². The number of thiazole rings is 1. The van der Waals surface area contributed by atoms with Crippen LogP contribution >= 0.6 is 34.5 Å². The Morgan fingerprint density at radius 2 is 2.14 bits per heavy atom. The van der Waals surface area contributed by atoms with E-state index in [0.717, 1.165) is 4.90 Å². The van der Waals surface area contributed by atoms with Crippen LogP contribution in [0.15, 0.2) is 23.6 Å². The summed E-state index contributed by atoms with van der Waals surface area (Å²) in [5.41, 5.74) is 0.732. The normalized spacial score (nSPS) is 10.3. The third kappa shape index (κ3) is 3.88. The summed E-state index contributed by atoms with van der Waals surface area (Å²) in [6, 6.07) is 5.12. The molecule has 9 heteroatoms. The molecule has 1 amide bonds. The number of likely N-dealkylation sites (N-methyl/N-ethyl adjacent to an activating group) is 1. The fraction of sp³-hybridized carbons (Fsp3) is 0.154. The van der Waals surface area contributed by atoms with Gasteiger partial charge in [-0.05, 0) is 12.1 Å². The van der Waals surface area contributed by atoms with Crippen molar-refractivity contribution in [1.82, 2.24) is 9.88 Å². The van der Waals surface area contributed by atoms with Gasteiger partial charge in [0.25, 0.3) is 5.91 Å². The second-order valence-electron chi connectivity index (χ2n) is 4.32. The van der Waals surface area contributed by atoms with E-state index in [4.69, 9.17) is 28.3 Å². The molecule has 0 saturated heterocycles. The zero-order chi connectivity index (χ0) is 16.3. The Morgan fingerprint density at radius 3 is 2.82 bits per heavy atom. The van der Waals surface area contributed by atoms with Crippen LogP contribution in [0.1, 0.15) is 10.5 Å². The molecule has 0 aliphatic heterocycles. The van der Waals surface area contributed by atoms with E-state index in [1.54, 1.807) is 23.6 Å². The number of halogens is 2. The molecular weight excluding hydrogens is 349 g/mol. The average Bonchev–Trinajstić information content (AvgIpc) is 2.91. The second-order valence-corrected chi connectivity index (χ2v) is 5.96. The van der Waals surface area contributed by atoms with Crippen molar-refractivity contribution in [2.45, 2.75) is 0 Å². The van der Waals surface area contributed by atoms with Gasteiger partial charge in [-0.3, -0.25) is 9.59 Å². The quantitative estimate of drug-likeness (QED) is 0.855. The maximum atomic E-state index is 12.0. The van der Waals surface area contributed by atoms with Gasteiger partial charge in [-0.1, -0.05) is 29.3 Å². The van der Waals surface area contributed by atoms with Crippen molar-refractivity contribution in [3.63, 3.8) is 0 Å². The van der Waals surface area contributed by atoms with Crippen molar-refractivity contribution in [1.29, 1.82) is 0 Å². The summed E-state index contributed by atoms with van der Waals surface area (Å²) >= 11 is 13.2. The van der Waals surface area contributed by atoms with Gasteiger partial charge in [0.15, 0.2) is 5.13 Å². The maximum absolute atomic E-state index is 12.0. The van der Waals surface area contributed by atoms with E-state index in [9.17, 15) is 9.59 Å². The number of carboxylic acid groups (broad SMARTS) is 1. The van der Waals surface area contributed by atoms with E-state index in [2.05, 4.69) is 10.3 Å². The van der Waals surface area contributed by atoms with E-state index < -0.39 is 11.9 Å². The summed E-state index contributed by atoms with van der Waals surface area (Å²) in [6.07, 6.45) is 0. The first-order valence-electron chi connectivity index (χ1n) is 6.02. The highest BCUT2D eigenvalue weighted by Gasteiger charge is 2.18. The van der Waals surface area contributed by atoms with E-state index in [0.29, 0.717) is 20.9 Å². The Bertz CT molecular complexity index is 720. The average molecular weight is 360 g/mol. The second kappa shape index (κ2) is 6.95. The maximum Gasteiger partial charge on any atom is 0.323 e. The number of amides is 1. The van der Waals surface area contributed by atoms with Crippen molar-refractivity contribution in [2.24, 2.45) is 0 Å². The number of aliphatic carboxylic acids is 1. The summed E-state index contributed by atoms with van der Waals surface area (Å²) in [5.74, 6) is -1.56. The Hall–Kier alpha value is -1.83. The number of aromatic nitrogens is 1. The van der Waals surface area contributed by atoms with Crippen LogP contribution in [0, 0.1) is 0 Å². The molecule has 0 atom stereocenters. The van der Waals surface area contributed by atoms with Crippen LogP contribution in [-0.4, -0.2) is 40.5 Å². The largest absolute Gasteiger partial charge is 0.480 e. The summed E-state index contributed by atoms with van der Waals surface area (Å²) in [5, 5.41) is 14.4. The van der Waals surface area contributed by atoms with E-state index in [-0.39, 0.29) is 12.2 Å². The molecule has 0 radical (unpaired) electrons. The molecule has 0 unspecified atom stereocenters. The van der Waals surface area contributed by atoms with Crippen LogP contribution in [-0.2, 0) is 4.79 Å². The van der Waals surface area contributed by atoms with Gasteiger partial charge in [-0.2, -0.15) is 0 Å². The number of hydrogen-bond acceptors (Lipinski definition) is 5. The first-order valence-corrected chi connectivity index (χ1v) is 7.66. The van der Waals surface area contributed by atoms with Crippen LogP contribution in [0.4, 0.5) is 10.8 Å². The zero-order valence-electron chi connectivity index (χ0n) is 11.3. The zero-order valence-corrected chi connectivity index (χ0v) is 13.7. The number of hydrogen-bond donors (Lipinski definition) is 2. The van der Waals surface area contributed by atoms with Crippen LogP contribution in [0.5, 0.6) is 0 Å². The van der Waals surface area contributed by atoms with E-state index in [1.807, 2.05) is 0 Å². The lowest BCUT2D eigenvalue weighted by atomic mass is 10.3. The summed E-state index contributed by atoms with van der Waals surface area (Å²) in [7, 11) is 1.40. The summed E-state index contributed by atoms with van der Waals surface area (Å²) < 4.78 is 0. The lowest BCUT2D eigenvalue weighted by Gasteiger charge is -2.12. The molecule has 1 heterocycles. The molecule has 6 nitrogen and oxygen atoms in total. The third-order valence-electron chi connectivity index (χ3n) is 2.64. The van der Waals surface area contributed by atoms with Gasteiger partial charge >= 0.3 is 5.97 Å². The molecule has 1 aromatic heterocycles. The van der Waals surface area contributed by atoms with Gasteiger partial charge < -0.3 is 15.3 Å². The van der Waals surface area contributed by atoms with Gasteiger partial charge in [0.2, 0.25) is 0 Å². The smallest absolute Gasteiger partial charge is 0.323 e. The number of carboxylic acids is 1. The highest BCUT2D eigenvalue weighted by molar-refractivity contribution is 7.14.